The molecule has 1 atom stereocenters. The van der Waals surface area contributed by atoms with Gasteiger partial charge in [-0.2, -0.15) is 10.2 Å². The van der Waals surface area contributed by atoms with Gasteiger partial charge in [0.05, 0.1) is 30.5 Å². The minimum Gasteiger partial charge on any atom is -0.444 e. The van der Waals surface area contributed by atoms with E-state index in [0.29, 0.717) is 25.2 Å². The summed E-state index contributed by atoms with van der Waals surface area (Å²) in [6.07, 6.45) is 7.37. The van der Waals surface area contributed by atoms with E-state index in [1.807, 2.05) is 60.0 Å². The van der Waals surface area contributed by atoms with Crippen LogP contribution in [0.1, 0.15) is 41.5 Å². The number of hydrogen-bond donors (Lipinski definition) is 3. The van der Waals surface area contributed by atoms with Crippen molar-refractivity contribution in [3.63, 3.8) is 0 Å². The van der Waals surface area contributed by atoms with Gasteiger partial charge in [-0.05, 0) is 63.5 Å². The van der Waals surface area contributed by atoms with Crippen LogP contribution in [0.15, 0.2) is 36.9 Å². The number of piperazine rings is 2. The molecule has 3 aromatic rings. The van der Waals surface area contributed by atoms with E-state index < -0.39 is 10.6 Å². The van der Waals surface area contributed by atoms with E-state index in [-0.39, 0.29) is 17.8 Å². The molecule has 17 heteroatoms. The number of nitrogens with two attached hydrogens (primary N) is 1. The highest BCUT2D eigenvalue weighted by Crippen LogP contribution is 2.17. The molecule has 0 bridgehead atoms. The molecule has 0 radical (unpaired) electrons. The first-order valence-corrected chi connectivity index (χ1v) is 16.1. The van der Waals surface area contributed by atoms with Crippen molar-refractivity contribution >= 4 is 51.6 Å². The number of H-pyrrole nitrogens is 1. The third kappa shape index (κ3) is 15.5. The number of ether oxygens (including phenoxy) is 3. The quantitative estimate of drug-likeness (QED) is 0.265. The van der Waals surface area contributed by atoms with Gasteiger partial charge in [0.1, 0.15) is 17.0 Å². The number of aromatic amines is 1. The summed E-state index contributed by atoms with van der Waals surface area (Å²) in [5.74, 6) is 0.606. The number of anilines is 2. The normalized spacial score (nSPS) is 15.5. The van der Waals surface area contributed by atoms with Crippen LogP contribution in [0.5, 0.6) is 0 Å². The van der Waals surface area contributed by atoms with E-state index in [4.69, 9.17) is 15.2 Å². The number of fused-ring (bicyclic) bond motifs is 1. The Labute approximate surface area is 284 Å². The van der Waals surface area contributed by atoms with Crippen LogP contribution in [-0.2, 0) is 19.0 Å². The maximum atomic E-state index is 12.1. The second-order valence-corrected chi connectivity index (χ2v) is 13.3. The molecule has 3 aromatic heterocycles. The van der Waals surface area contributed by atoms with Crippen LogP contribution in [0.3, 0.4) is 0 Å². The number of amides is 2. The third-order valence-corrected chi connectivity index (χ3v) is 6.74. The molecule has 2 aliphatic heterocycles. The number of methoxy groups -OCH3 is 1. The molecule has 16 nitrogen and oxygen atoms in total. The van der Waals surface area contributed by atoms with Crippen LogP contribution in [0.25, 0.3) is 5.65 Å². The lowest BCUT2D eigenvalue weighted by Gasteiger charge is -2.36. The largest absolute Gasteiger partial charge is 0.444 e. The number of nitrogens with one attached hydrogen (secondary N) is 2. The summed E-state index contributed by atoms with van der Waals surface area (Å²) in [6, 6.07) is 3.56. The smallest absolute Gasteiger partial charge is 0.410 e. The molecule has 2 amide bonds. The average molecular weight is 726 g/mol. The monoisotopic (exact) mass is 724 g/mol. The van der Waals surface area contributed by atoms with E-state index in [9.17, 15) is 14.4 Å². The van der Waals surface area contributed by atoms with Gasteiger partial charge >= 0.3 is 12.2 Å². The minimum atomic E-state index is -0.455. The van der Waals surface area contributed by atoms with Crippen LogP contribution in [0.2, 0.25) is 0 Å². The minimum absolute atomic E-state index is 0.200. The lowest BCUT2D eigenvalue weighted by molar-refractivity contribution is -0.112. The molecule has 2 fully saturated rings. The highest BCUT2D eigenvalue weighted by molar-refractivity contribution is 9.09. The summed E-state index contributed by atoms with van der Waals surface area (Å²) < 4.78 is 16.9. The van der Waals surface area contributed by atoms with Crippen molar-refractivity contribution in [2.45, 2.75) is 57.8 Å². The molecule has 2 saturated heterocycles. The van der Waals surface area contributed by atoms with Crippen molar-refractivity contribution in [2.75, 3.05) is 70.1 Å². The predicted molar refractivity (Wildman–Crippen MR) is 182 cm³/mol. The van der Waals surface area contributed by atoms with Crippen molar-refractivity contribution in [1.82, 2.24) is 39.9 Å². The Morgan fingerprint density at radius 3 is 1.94 bits per heavy atom. The summed E-state index contributed by atoms with van der Waals surface area (Å²) in [4.78, 5) is 43.2. The number of aromatic nitrogens is 5. The first-order valence-electron chi connectivity index (χ1n) is 15.2. The fourth-order valence-electron chi connectivity index (χ4n) is 3.93. The van der Waals surface area contributed by atoms with Crippen LogP contribution in [0, 0.1) is 0 Å². The molecule has 1 unspecified atom stereocenters. The number of halogens is 1. The highest BCUT2D eigenvalue weighted by Gasteiger charge is 2.26. The molecule has 47 heavy (non-hydrogen) atoms. The van der Waals surface area contributed by atoms with E-state index in [1.54, 1.807) is 32.8 Å². The maximum Gasteiger partial charge on any atom is 0.410 e. The van der Waals surface area contributed by atoms with Crippen molar-refractivity contribution < 1.29 is 28.6 Å². The van der Waals surface area contributed by atoms with Crippen molar-refractivity contribution in [2.24, 2.45) is 0 Å². The average Bonchev–Trinajstić information content (AvgIpc) is 3.71. The highest BCUT2D eigenvalue weighted by atomic mass is 79.9. The van der Waals surface area contributed by atoms with Crippen molar-refractivity contribution in [3.05, 3.63) is 36.9 Å². The summed E-state index contributed by atoms with van der Waals surface area (Å²) in [5.41, 5.74) is 6.16. The Morgan fingerprint density at radius 2 is 1.51 bits per heavy atom. The fraction of sp³-hybridized carbons (Fsp3) is 0.600. The molecule has 262 valence electrons. The van der Waals surface area contributed by atoms with E-state index in [1.165, 1.54) is 7.11 Å². The van der Waals surface area contributed by atoms with Crippen molar-refractivity contribution in [3.8, 4) is 0 Å². The number of nitrogens with zero attached hydrogens (tertiary/aromatic N) is 7. The summed E-state index contributed by atoms with van der Waals surface area (Å²) in [7, 11) is 1.45. The summed E-state index contributed by atoms with van der Waals surface area (Å²) >= 11 is 2.89. The zero-order valence-electron chi connectivity index (χ0n) is 28.3. The third-order valence-electron chi connectivity index (χ3n) is 6.15. The van der Waals surface area contributed by atoms with Gasteiger partial charge in [-0.15, -0.1) is 0 Å². The molecule has 0 aliphatic carbocycles. The first-order chi connectivity index (χ1) is 22.1. The van der Waals surface area contributed by atoms with Gasteiger partial charge in [-0.3, -0.25) is 9.89 Å². The Bertz CT molecular complexity index is 1350. The molecule has 5 heterocycles. The van der Waals surface area contributed by atoms with Gasteiger partial charge in [-0.25, -0.2) is 19.1 Å². The molecule has 2 aliphatic rings. The zero-order chi connectivity index (χ0) is 35.0. The molecule has 0 aromatic carbocycles. The van der Waals surface area contributed by atoms with Gasteiger partial charge in [0.25, 0.3) is 0 Å². The maximum absolute atomic E-state index is 12.1. The van der Waals surface area contributed by atoms with Gasteiger partial charge in [0, 0.05) is 65.5 Å². The number of nitrogen functional groups attached to an aromatic ring is 1. The van der Waals surface area contributed by atoms with Gasteiger partial charge in [-0.1, -0.05) is 0 Å². The number of carbonyl (C=O) groups excluding carboxylic acids is 3. The zero-order valence-corrected chi connectivity index (χ0v) is 29.9. The number of alkyl halides is 1. The Hall–Kier alpha value is -3.96. The van der Waals surface area contributed by atoms with E-state index in [2.05, 4.69) is 51.2 Å². The van der Waals surface area contributed by atoms with Gasteiger partial charge in [0.2, 0.25) is 0 Å². The van der Waals surface area contributed by atoms with E-state index >= 15 is 0 Å². The van der Waals surface area contributed by atoms with Crippen molar-refractivity contribution in [1.29, 1.82) is 0 Å². The Morgan fingerprint density at radius 1 is 0.936 bits per heavy atom. The standard InChI is InChI=1S/C15H21N5O2.C9H18N2O2.C3H5BrO2.C3H5N3/c1-15(2,3)22-14(21)19-8-6-18(7-9-19)12-10-16-13-4-5-17-20(13)11-12;1-9(2,3)13-8(12)11-6-4-10-5-7-11;1-6-3(4)2-5;4-3-1-2-5-6-3/h4-5,10-11H,6-9H2,1-3H3;10H,4-7H2,1-3H3;2-3H,1H3;1-2H,(H3,4,5,6). The number of aldehydes is 1. The van der Waals surface area contributed by atoms with Crippen LogP contribution in [-0.4, -0.2) is 129 Å². The molecular formula is C30H49BrN10O6. The van der Waals surface area contributed by atoms with Crippen LogP contribution in [0.4, 0.5) is 21.1 Å². The first kappa shape index (κ1) is 39.2. The molecule has 0 spiro atoms. The lowest BCUT2D eigenvalue weighted by Crippen LogP contribution is -2.50. The fourth-order valence-corrected chi connectivity index (χ4v) is 3.93. The predicted octanol–water partition coefficient (Wildman–Crippen LogP) is 3.16. The van der Waals surface area contributed by atoms with E-state index in [0.717, 1.165) is 50.6 Å². The Kier molecular flexibility index (Phi) is 15.9. The van der Waals surface area contributed by atoms with Crippen LogP contribution >= 0.6 is 15.9 Å². The van der Waals surface area contributed by atoms with Gasteiger partial charge in [0.15, 0.2) is 16.9 Å². The summed E-state index contributed by atoms with van der Waals surface area (Å²) in [6.45, 7) is 17.3. The lowest BCUT2D eigenvalue weighted by atomic mass is 10.2. The second kappa shape index (κ2) is 19.0. The second-order valence-electron chi connectivity index (χ2n) is 12.4. The molecule has 5 rings (SSSR count). The number of carbonyl (C=O) groups is 3. The molecular weight excluding hydrogens is 676 g/mol. The number of hydrogen-bond acceptors (Lipinski definition) is 12. The van der Waals surface area contributed by atoms with Gasteiger partial charge < -0.3 is 40.0 Å². The molecule has 4 N–H and O–H groups in total. The topological polar surface area (TPSA) is 186 Å². The SMILES string of the molecule is CC(C)(C)OC(=O)N1CCN(c2cnc3ccnn3c2)CC1.CC(C)(C)OC(=O)N1CCNCC1.COC(Br)C=O.Nc1ccn[nH]1. The van der Waals surface area contributed by atoms with Crippen LogP contribution < -0.4 is 16.0 Å². The summed E-state index contributed by atoms with van der Waals surface area (Å²) in [5, 5.41) is 13.1. The molecule has 0 saturated carbocycles. The number of rotatable bonds is 3. The Balaban J connectivity index is 0.000000258.